The number of hydrogen-bond donors (Lipinski definition) is 0. The van der Waals surface area contributed by atoms with E-state index in [2.05, 4.69) is 4.89 Å². The van der Waals surface area contributed by atoms with Gasteiger partial charge < -0.3 is 4.74 Å². The van der Waals surface area contributed by atoms with Crippen molar-refractivity contribution in [2.75, 3.05) is 6.61 Å². The first kappa shape index (κ1) is 7.73. The topological polar surface area (TPSA) is 38.4 Å². The number of ether oxygens (including phenoxy) is 1. The summed E-state index contributed by atoms with van der Waals surface area (Å²) < 4.78 is 5.12. The highest BCUT2D eigenvalue weighted by molar-refractivity contribution is 5.29. The maximum atomic E-state index is 10.2. The third-order valence-electron chi connectivity index (χ3n) is 2.04. The molecule has 1 unspecified atom stereocenters. The summed E-state index contributed by atoms with van der Waals surface area (Å²) in [4.78, 5) is 3.95. The van der Waals surface area contributed by atoms with E-state index < -0.39 is 6.29 Å². The molecule has 0 saturated carbocycles. The van der Waals surface area contributed by atoms with Crippen molar-refractivity contribution in [2.45, 2.75) is 12.7 Å². The molecule has 0 saturated heterocycles. The largest absolute Gasteiger partial charge is 0.346 e. The predicted octanol–water partition coefficient (Wildman–Crippen LogP) is 1.62. The number of hydrogen-bond acceptors (Lipinski definition) is 2. The lowest BCUT2D eigenvalue weighted by Gasteiger charge is -2.21. The van der Waals surface area contributed by atoms with Crippen LogP contribution in [0.2, 0.25) is 0 Å². The van der Waals surface area contributed by atoms with Gasteiger partial charge in [0.05, 0.1) is 6.61 Å². The first-order chi connectivity index (χ1) is 5.92. The number of fused-ring (bicyclic) bond motifs is 1. The predicted molar refractivity (Wildman–Crippen MR) is 40.6 cm³/mol. The molecule has 2 rings (SSSR count). The van der Waals surface area contributed by atoms with Crippen molar-refractivity contribution in [1.29, 1.82) is 0 Å². The van der Waals surface area contributed by atoms with Crippen molar-refractivity contribution in [3.63, 3.8) is 0 Å². The highest BCUT2D eigenvalue weighted by Gasteiger charge is 2.20. The van der Waals surface area contributed by atoms with Gasteiger partial charge in [0.2, 0.25) is 6.29 Å². The van der Waals surface area contributed by atoms with Gasteiger partial charge in [0.1, 0.15) is 0 Å². The minimum atomic E-state index is -0.713. The van der Waals surface area contributed by atoms with E-state index in [1.165, 1.54) is 0 Å². The quantitative estimate of drug-likeness (QED) is 0.468. The molecule has 0 aromatic heterocycles. The van der Waals surface area contributed by atoms with E-state index in [0.717, 1.165) is 17.5 Å². The average molecular weight is 165 g/mol. The molecule has 0 N–H and O–H groups in total. The van der Waals surface area contributed by atoms with Gasteiger partial charge in [0.15, 0.2) is 0 Å². The summed E-state index contributed by atoms with van der Waals surface area (Å²) in [5.74, 6) is 0. The Balaban J connectivity index is 2.37. The van der Waals surface area contributed by atoms with Crippen LogP contribution < -0.4 is 0 Å². The molecular weight excluding hydrogens is 156 g/mol. The zero-order chi connectivity index (χ0) is 8.39. The molecule has 1 aromatic carbocycles. The highest BCUT2D eigenvalue weighted by Crippen LogP contribution is 2.26. The molecule has 1 aromatic rings. The van der Waals surface area contributed by atoms with Crippen LogP contribution in [0.15, 0.2) is 24.3 Å². The molecule has 1 aliphatic rings. The van der Waals surface area contributed by atoms with Crippen LogP contribution in [0.5, 0.6) is 0 Å². The zero-order valence-electron chi connectivity index (χ0n) is 6.53. The third-order valence-corrected chi connectivity index (χ3v) is 2.04. The van der Waals surface area contributed by atoms with E-state index in [-0.39, 0.29) is 0 Å². The molecule has 1 atom stereocenters. The van der Waals surface area contributed by atoms with Gasteiger partial charge in [-0.1, -0.05) is 24.3 Å². The van der Waals surface area contributed by atoms with Crippen molar-refractivity contribution in [3.8, 4) is 0 Å². The van der Waals surface area contributed by atoms with Crippen LogP contribution in [-0.4, -0.2) is 6.61 Å². The lowest BCUT2D eigenvalue weighted by Crippen LogP contribution is -2.17. The van der Waals surface area contributed by atoms with Crippen LogP contribution in [0.1, 0.15) is 17.4 Å². The maximum Gasteiger partial charge on any atom is 0.220 e. The van der Waals surface area contributed by atoms with Gasteiger partial charge in [-0.15, -0.1) is 0 Å². The normalized spacial score (nSPS) is 21.9. The molecule has 0 spiro atoms. The Morgan fingerprint density at radius 3 is 3.08 bits per heavy atom. The van der Waals surface area contributed by atoms with E-state index in [1.807, 2.05) is 24.3 Å². The minimum absolute atomic E-state index is 0.559. The smallest absolute Gasteiger partial charge is 0.220 e. The molecule has 0 fully saturated rings. The molecule has 1 radical (unpaired) electrons. The molecule has 12 heavy (non-hydrogen) atoms. The summed E-state index contributed by atoms with van der Waals surface area (Å²) in [5.41, 5.74) is 2.00. The van der Waals surface area contributed by atoms with Crippen LogP contribution in [0.25, 0.3) is 0 Å². The summed E-state index contributed by atoms with van der Waals surface area (Å²) in [6.45, 7) is 0.559. The summed E-state index contributed by atoms with van der Waals surface area (Å²) in [6, 6.07) is 7.67. The molecule has 3 nitrogen and oxygen atoms in total. The van der Waals surface area contributed by atoms with Crippen LogP contribution in [0, 0.1) is 0 Å². The standard InChI is InChI=1S/C9H9O3/c10-12-9-8-4-2-1-3-7(8)5-6-11-9/h1-4,9H,5-6H2. The highest BCUT2D eigenvalue weighted by atomic mass is 17.1. The zero-order valence-corrected chi connectivity index (χ0v) is 6.53. The molecular formula is C9H9O3. The molecule has 1 heterocycles. The molecule has 0 aliphatic carbocycles. The van der Waals surface area contributed by atoms with E-state index in [1.54, 1.807) is 0 Å². The molecule has 63 valence electrons. The Morgan fingerprint density at radius 1 is 1.42 bits per heavy atom. The van der Waals surface area contributed by atoms with E-state index in [4.69, 9.17) is 4.74 Å². The summed E-state index contributed by atoms with van der Waals surface area (Å²) >= 11 is 0. The molecule has 1 aliphatic heterocycles. The van der Waals surface area contributed by atoms with Crippen molar-refractivity contribution in [3.05, 3.63) is 35.4 Å². The fraction of sp³-hybridized carbons (Fsp3) is 0.333. The molecule has 0 amide bonds. The van der Waals surface area contributed by atoms with Gasteiger partial charge in [-0.3, -0.25) is 0 Å². The fourth-order valence-electron chi connectivity index (χ4n) is 1.44. The fourth-order valence-corrected chi connectivity index (χ4v) is 1.44. The Hall–Kier alpha value is -0.900. The van der Waals surface area contributed by atoms with Gasteiger partial charge in [0.25, 0.3) is 0 Å². The number of benzene rings is 1. The second kappa shape index (κ2) is 3.23. The van der Waals surface area contributed by atoms with Crippen molar-refractivity contribution in [1.82, 2.24) is 0 Å². The first-order valence-corrected chi connectivity index (χ1v) is 3.90. The lowest BCUT2D eigenvalue weighted by molar-refractivity contribution is -0.397. The van der Waals surface area contributed by atoms with Crippen LogP contribution >= 0.6 is 0 Å². The second-order valence-corrected chi connectivity index (χ2v) is 2.75. The molecule has 3 heteroatoms. The lowest BCUT2D eigenvalue weighted by atomic mass is 10.0. The van der Waals surface area contributed by atoms with E-state index in [0.29, 0.717) is 6.61 Å². The first-order valence-electron chi connectivity index (χ1n) is 3.90. The molecule has 0 bridgehead atoms. The summed E-state index contributed by atoms with van der Waals surface area (Å²) in [5, 5.41) is 10.2. The SMILES string of the molecule is [O]OC1OCCc2ccccc21. The van der Waals surface area contributed by atoms with Gasteiger partial charge in [0, 0.05) is 5.56 Å². The second-order valence-electron chi connectivity index (χ2n) is 2.75. The summed E-state index contributed by atoms with van der Waals surface area (Å²) in [6.07, 6.45) is 0.144. The maximum absolute atomic E-state index is 10.2. The average Bonchev–Trinajstić information content (AvgIpc) is 2.17. The van der Waals surface area contributed by atoms with Gasteiger partial charge in [-0.2, -0.15) is 4.89 Å². The van der Waals surface area contributed by atoms with Crippen molar-refractivity contribution < 1.29 is 14.9 Å². The van der Waals surface area contributed by atoms with Crippen LogP contribution in [0.3, 0.4) is 0 Å². The Kier molecular flexibility index (Phi) is 2.08. The third kappa shape index (κ3) is 1.22. The van der Waals surface area contributed by atoms with Gasteiger partial charge in [-0.25, -0.2) is 0 Å². The van der Waals surface area contributed by atoms with E-state index in [9.17, 15) is 5.26 Å². The minimum Gasteiger partial charge on any atom is -0.346 e. The number of rotatable bonds is 1. The summed E-state index contributed by atoms with van der Waals surface area (Å²) in [7, 11) is 0. The van der Waals surface area contributed by atoms with Crippen molar-refractivity contribution >= 4 is 0 Å². The van der Waals surface area contributed by atoms with Crippen LogP contribution in [-0.2, 0) is 21.3 Å². The Bertz CT molecular complexity index is 272. The van der Waals surface area contributed by atoms with Gasteiger partial charge >= 0.3 is 0 Å². The Morgan fingerprint density at radius 2 is 2.25 bits per heavy atom. The monoisotopic (exact) mass is 165 g/mol. The van der Waals surface area contributed by atoms with E-state index >= 15 is 0 Å². The van der Waals surface area contributed by atoms with Crippen molar-refractivity contribution in [2.24, 2.45) is 0 Å². The van der Waals surface area contributed by atoms with Crippen LogP contribution in [0.4, 0.5) is 0 Å². The Labute approximate surface area is 70.5 Å². The van der Waals surface area contributed by atoms with Gasteiger partial charge in [-0.05, 0) is 17.2 Å².